The van der Waals surface area contributed by atoms with Crippen LogP contribution in [0.4, 0.5) is 0 Å². The summed E-state index contributed by atoms with van der Waals surface area (Å²) in [5.41, 5.74) is 3.79. The Balaban J connectivity index is 0.000000248. The molecule has 4 heterocycles. The molecule has 244 valence electrons. The number of sulfone groups is 2. The summed E-state index contributed by atoms with van der Waals surface area (Å²) in [5.74, 6) is -1.21. The lowest BCUT2D eigenvalue weighted by molar-refractivity contribution is -0.671. The first kappa shape index (κ1) is 33.2. The number of fused-ring (bicyclic) bond motifs is 2. The Kier molecular flexibility index (Phi) is 9.09. The van der Waals surface area contributed by atoms with Crippen LogP contribution in [0, 0.1) is 0 Å². The quantitative estimate of drug-likeness (QED) is 0.150. The van der Waals surface area contributed by atoms with Gasteiger partial charge in [0.2, 0.25) is 25.5 Å². The Hall–Kier alpha value is -5.71. The van der Waals surface area contributed by atoms with Gasteiger partial charge in [0.25, 0.3) is 0 Å². The van der Waals surface area contributed by atoms with Gasteiger partial charge in [-0.25, -0.2) is 26.0 Å². The van der Waals surface area contributed by atoms with Crippen LogP contribution in [0.25, 0.3) is 22.5 Å². The molecule has 0 N–H and O–H groups in total. The molecule has 7 rings (SSSR count). The summed E-state index contributed by atoms with van der Waals surface area (Å²) in [4.78, 5) is 11.9. The van der Waals surface area contributed by atoms with Crippen molar-refractivity contribution < 1.29 is 35.9 Å². The molecule has 0 bridgehead atoms. The number of allylic oxidation sites excluding steroid dienone is 6. The smallest absolute Gasteiger partial charge is 0.211 e. The van der Waals surface area contributed by atoms with Crippen molar-refractivity contribution in [1.82, 2.24) is 0 Å². The van der Waals surface area contributed by atoms with Crippen molar-refractivity contribution in [3.8, 4) is 11.1 Å². The molecule has 0 fully saturated rings. The summed E-state index contributed by atoms with van der Waals surface area (Å²) in [6.45, 7) is 0. The van der Waals surface area contributed by atoms with Gasteiger partial charge in [0.1, 0.15) is 19.0 Å². The van der Waals surface area contributed by atoms with E-state index in [9.17, 15) is 26.7 Å². The van der Waals surface area contributed by atoms with Gasteiger partial charge in [0, 0.05) is 29.8 Å². The maximum absolute atomic E-state index is 12.9. The topological polar surface area (TPSA) is 116 Å². The number of hydrogen-bond acceptors (Lipinski definition) is 6. The maximum Gasteiger partial charge on any atom is 0.211 e. The molecule has 2 aliphatic heterocycles. The fourth-order valence-electron chi connectivity index (χ4n) is 5.45. The first-order chi connectivity index (χ1) is 23.5. The predicted octanol–water partition coefficient (Wildman–Crippen LogP) is 4.70. The van der Waals surface area contributed by atoms with E-state index in [-0.39, 0.29) is 30.7 Å². The summed E-state index contributed by atoms with van der Waals surface area (Å²) >= 11 is 0. The first-order valence-electron chi connectivity index (χ1n) is 15.2. The van der Waals surface area contributed by atoms with Crippen molar-refractivity contribution >= 4 is 36.8 Å². The highest BCUT2D eigenvalue weighted by atomic mass is 32.2. The number of aryl methyl sites for hydroxylation is 2. The molecule has 3 aromatic carbocycles. The van der Waals surface area contributed by atoms with E-state index in [2.05, 4.69) is 49.1 Å². The lowest BCUT2D eigenvalue weighted by Gasteiger charge is -2.08. The molecule has 0 saturated carbocycles. The summed E-state index contributed by atoms with van der Waals surface area (Å²) in [6.07, 6.45) is 13.5. The molecule has 0 aliphatic carbocycles. The standard InChI is InChI=1S/C27H18O6S2.C12H14N2/c28-26-20-10-4-6-12-22(20)34(30,31)24(26)16-14-19(18-8-2-1-3-9-18)15-17-25-27(29)21-11-5-7-13-23(21)35(25,32)33;1-13-7-3-11(4-8-13)12-5-9-14(2)10-6-12/h1-17,28H;3-10H,1-2H3/q;+2/p-1. The SMILES string of the molecule is C[n+]1ccc(-c2cc[n+](C)cc2)cc1.O=C1C(=CC=C(C=CC2=C([O-])c3ccccc3S2(=O)=O)c2ccccc2)S(=O)(=O)c2ccccc21. The highest BCUT2D eigenvalue weighted by molar-refractivity contribution is 7.97. The summed E-state index contributed by atoms with van der Waals surface area (Å²) < 4.78 is 55.7. The van der Waals surface area contributed by atoms with Crippen molar-refractivity contribution in [1.29, 1.82) is 0 Å². The molecule has 0 spiro atoms. The van der Waals surface area contributed by atoms with Gasteiger partial charge in [-0.05, 0) is 58.2 Å². The Morgan fingerprint density at radius 1 is 0.633 bits per heavy atom. The normalized spacial score (nSPS) is 16.7. The molecular weight excluding hydrogens is 657 g/mol. The van der Waals surface area contributed by atoms with Gasteiger partial charge < -0.3 is 5.11 Å². The van der Waals surface area contributed by atoms with E-state index in [1.165, 1.54) is 59.7 Å². The van der Waals surface area contributed by atoms with Crippen molar-refractivity contribution in [2.45, 2.75) is 9.79 Å². The lowest BCUT2D eigenvalue weighted by atomic mass is 10.0. The number of nitrogens with zero attached hydrogens (tertiary/aromatic N) is 2. The van der Waals surface area contributed by atoms with Crippen LogP contribution in [0.15, 0.2) is 172 Å². The third-order valence-electron chi connectivity index (χ3n) is 8.09. The van der Waals surface area contributed by atoms with Gasteiger partial charge in [0.15, 0.2) is 24.8 Å². The predicted molar refractivity (Wildman–Crippen MR) is 184 cm³/mol. The molecule has 0 radical (unpaired) electrons. The van der Waals surface area contributed by atoms with Crippen LogP contribution in [-0.2, 0) is 33.8 Å². The zero-order valence-corrected chi connectivity index (χ0v) is 28.2. The minimum Gasteiger partial charge on any atom is -0.871 e. The first-order valence-corrected chi connectivity index (χ1v) is 18.2. The molecule has 5 aromatic rings. The minimum absolute atomic E-state index is 0.0441. The summed E-state index contributed by atoms with van der Waals surface area (Å²) in [6, 6.07) is 29.3. The Labute approximate surface area is 285 Å². The maximum atomic E-state index is 12.9. The van der Waals surface area contributed by atoms with Crippen LogP contribution in [-0.4, -0.2) is 22.6 Å². The average Bonchev–Trinajstić information content (AvgIpc) is 3.43. The van der Waals surface area contributed by atoms with Crippen LogP contribution < -0.4 is 14.2 Å². The number of benzene rings is 3. The van der Waals surface area contributed by atoms with Crippen LogP contribution in [0.2, 0.25) is 0 Å². The third-order valence-corrected chi connectivity index (χ3v) is 11.8. The van der Waals surface area contributed by atoms with Crippen molar-refractivity contribution in [2.24, 2.45) is 14.1 Å². The number of pyridine rings is 2. The van der Waals surface area contributed by atoms with Gasteiger partial charge in [-0.1, -0.05) is 78.6 Å². The fourth-order valence-corrected chi connectivity index (χ4v) is 8.54. The number of ketones is 1. The fraction of sp³-hybridized carbons (Fsp3) is 0.0513. The number of Topliss-reactive ketones (excluding diaryl/α,β-unsaturated/α-hetero) is 1. The molecule has 0 unspecified atom stereocenters. The van der Waals surface area contributed by atoms with E-state index in [1.54, 1.807) is 54.6 Å². The second-order valence-corrected chi connectivity index (χ2v) is 15.2. The lowest BCUT2D eigenvalue weighted by Crippen LogP contribution is -2.26. The van der Waals surface area contributed by atoms with Crippen molar-refractivity contribution in [3.63, 3.8) is 0 Å². The molecule has 8 nitrogen and oxygen atoms in total. The van der Waals surface area contributed by atoms with Crippen molar-refractivity contribution in [3.05, 3.63) is 179 Å². The van der Waals surface area contributed by atoms with E-state index < -0.39 is 31.2 Å². The molecule has 2 aromatic heterocycles. The minimum atomic E-state index is -3.98. The highest BCUT2D eigenvalue weighted by Crippen LogP contribution is 2.38. The van der Waals surface area contributed by atoms with Gasteiger partial charge in [-0.3, -0.25) is 4.79 Å². The van der Waals surface area contributed by atoms with E-state index in [0.717, 1.165) is 0 Å². The van der Waals surface area contributed by atoms with Gasteiger partial charge in [0.05, 0.1) is 14.7 Å². The number of aromatic nitrogens is 2. The largest absolute Gasteiger partial charge is 0.871 e. The Morgan fingerprint density at radius 3 is 1.65 bits per heavy atom. The third kappa shape index (κ3) is 6.56. The van der Waals surface area contributed by atoms with Crippen molar-refractivity contribution in [2.75, 3.05) is 0 Å². The molecule has 2 aliphatic rings. The average molecular weight is 688 g/mol. The second-order valence-electron chi connectivity index (χ2n) is 11.4. The van der Waals surface area contributed by atoms with Crippen LogP contribution in [0.1, 0.15) is 21.5 Å². The number of carbonyl (C=O) groups excluding carboxylic acids is 1. The van der Waals surface area contributed by atoms with E-state index >= 15 is 0 Å². The Bertz CT molecular complexity index is 2380. The molecule has 49 heavy (non-hydrogen) atoms. The van der Waals surface area contributed by atoms with E-state index in [0.29, 0.717) is 11.1 Å². The molecule has 10 heteroatoms. The monoisotopic (exact) mass is 687 g/mol. The van der Waals surface area contributed by atoms with Crippen LogP contribution in [0.3, 0.4) is 0 Å². The van der Waals surface area contributed by atoms with Gasteiger partial charge >= 0.3 is 0 Å². The number of hydrogen-bond donors (Lipinski definition) is 0. The molecule has 0 saturated heterocycles. The number of carbonyl (C=O) groups is 1. The number of rotatable bonds is 5. The van der Waals surface area contributed by atoms with E-state index in [4.69, 9.17) is 0 Å². The van der Waals surface area contributed by atoms with Gasteiger partial charge in [-0.15, -0.1) is 0 Å². The van der Waals surface area contributed by atoms with Crippen LogP contribution >= 0.6 is 0 Å². The highest BCUT2D eigenvalue weighted by Gasteiger charge is 2.38. The zero-order chi connectivity index (χ0) is 34.8. The summed E-state index contributed by atoms with van der Waals surface area (Å²) in [7, 11) is -3.91. The molecule has 0 atom stereocenters. The zero-order valence-electron chi connectivity index (χ0n) is 26.6. The Morgan fingerprint density at radius 2 is 1.12 bits per heavy atom. The van der Waals surface area contributed by atoms with Crippen LogP contribution in [0.5, 0.6) is 0 Å². The second kappa shape index (κ2) is 13.4. The van der Waals surface area contributed by atoms with E-state index in [1.807, 2.05) is 23.2 Å². The van der Waals surface area contributed by atoms with Gasteiger partial charge in [-0.2, -0.15) is 0 Å². The molecule has 0 amide bonds. The summed E-state index contributed by atoms with van der Waals surface area (Å²) in [5, 5.41) is 12.8. The molecular formula is C39H31N2O6S2+.